The molecule has 1 aliphatic rings. The summed E-state index contributed by atoms with van der Waals surface area (Å²) in [6.45, 7) is 1.84. The van der Waals surface area contributed by atoms with Crippen molar-refractivity contribution in [3.05, 3.63) is 35.9 Å². The van der Waals surface area contributed by atoms with Crippen LogP contribution in [0.25, 0.3) is 0 Å². The van der Waals surface area contributed by atoms with Crippen LogP contribution >= 0.6 is 0 Å². The summed E-state index contributed by atoms with van der Waals surface area (Å²) < 4.78 is 5.23. The molecule has 1 N–H and O–H groups in total. The topological polar surface area (TPSA) is 55.4 Å². The van der Waals surface area contributed by atoms with Crippen molar-refractivity contribution in [1.82, 2.24) is 5.32 Å². The van der Waals surface area contributed by atoms with Gasteiger partial charge in [-0.3, -0.25) is 9.59 Å². The molecule has 1 aromatic rings. The first-order valence-electron chi connectivity index (χ1n) is 5.66. The standard InChI is InChI=1S/C13H15NO3/c1-9(15)14-8-11-7-12(13(16)17-11)10-5-3-2-4-6-10/h2-6,11-12H,7-8H2,1H3,(H,14,15). The van der Waals surface area contributed by atoms with Crippen LogP contribution in [0.1, 0.15) is 24.8 Å². The maximum absolute atomic E-state index is 11.7. The minimum Gasteiger partial charge on any atom is -0.460 e. The fraction of sp³-hybridized carbons (Fsp3) is 0.385. The van der Waals surface area contributed by atoms with E-state index in [1.807, 2.05) is 30.3 Å². The van der Waals surface area contributed by atoms with Gasteiger partial charge in [0.2, 0.25) is 5.91 Å². The Hall–Kier alpha value is -1.84. The van der Waals surface area contributed by atoms with Crippen LogP contribution in [0.5, 0.6) is 0 Å². The number of nitrogens with one attached hydrogen (secondary N) is 1. The lowest BCUT2D eigenvalue weighted by atomic mass is 9.96. The highest BCUT2D eigenvalue weighted by Gasteiger charge is 2.35. The second-order valence-corrected chi connectivity index (χ2v) is 4.19. The minimum atomic E-state index is -0.211. The third-order valence-corrected chi connectivity index (χ3v) is 2.85. The molecule has 17 heavy (non-hydrogen) atoms. The molecule has 1 saturated heterocycles. The second-order valence-electron chi connectivity index (χ2n) is 4.19. The van der Waals surface area contributed by atoms with Gasteiger partial charge in [-0.1, -0.05) is 30.3 Å². The number of hydrogen-bond donors (Lipinski definition) is 1. The number of amides is 1. The number of carbonyl (C=O) groups excluding carboxylic acids is 2. The summed E-state index contributed by atoms with van der Waals surface area (Å²) in [6, 6.07) is 9.57. The molecule has 2 atom stereocenters. The van der Waals surface area contributed by atoms with Gasteiger partial charge in [0.05, 0.1) is 12.5 Å². The van der Waals surface area contributed by atoms with Crippen molar-refractivity contribution in [2.45, 2.75) is 25.4 Å². The molecule has 0 aromatic heterocycles. The van der Waals surface area contributed by atoms with E-state index >= 15 is 0 Å². The Morgan fingerprint density at radius 2 is 2.12 bits per heavy atom. The Morgan fingerprint density at radius 3 is 2.76 bits per heavy atom. The average molecular weight is 233 g/mol. The van der Waals surface area contributed by atoms with Crippen LogP contribution in [0.3, 0.4) is 0 Å². The number of rotatable bonds is 3. The van der Waals surface area contributed by atoms with Gasteiger partial charge in [0.25, 0.3) is 0 Å². The van der Waals surface area contributed by atoms with Crippen molar-refractivity contribution in [1.29, 1.82) is 0 Å². The van der Waals surface area contributed by atoms with Crippen LogP contribution in [0.15, 0.2) is 30.3 Å². The number of hydrogen-bond acceptors (Lipinski definition) is 3. The predicted octanol–water partition coefficient (Wildman–Crippen LogP) is 1.22. The second kappa shape index (κ2) is 4.99. The fourth-order valence-corrected chi connectivity index (χ4v) is 1.99. The molecule has 0 spiro atoms. The minimum absolute atomic E-state index is 0.107. The first-order chi connectivity index (χ1) is 8.16. The molecule has 4 nitrogen and oxygen atoms in total. The smallest absolute Gasteiger partial charge is 0.313 e. The summed E-state index contributed by atoms with van der Waals surface area (Å²) in [5.41, 5.74) is 0.975. The van der Waals surface area contributed by atoms with E-state index in [1.165, 1.54) is 6.92 Å². The quantitative estimate of drug-likeness (QED) is 0.799. The molecular weight excluding hydrogens is 218 g/mol. The van der Waals surface area contributed by atoms with Crippen molar-refractivity contribution in [3.8, 4) is 0 Å². The Labute approximate surface area is 100.0 Å². The third-order valence-electron chi connectivity index (χ3n) is 2.85. The summed E-state index contributed by atoms with van der Waals surface area (Å²) >= 11 is 0. The Morgan fingerprint density at radius 1 is 1.41 bits per heavy atom. The maximum atomic E-state index is 11.7. The molecule has 4 heteroatoms. The Balaban J connectivity index is 1.98. The number of carbonyl (C=O) groups is 2. The van der Waals surface area contributed by atoms with Gasteiger partial charge in [-0.15, -0.1) is 0 Å². The third kappa shape index (κ3) is 2.84. The lowest BCUT2D eigenvalue weighted by Gasteiger charge is -2.08. The van der Waals surface area contributed by atoms with Crippen LogP contribution in [0.2, 0.25) is 0 Å². The molecule has 0 bridgehead atoms. The Bertz CT molecular complexity index is 416. The zero-order chi connectivity index (χ0) is 12.3. The first kappa shape index (κ1) is 11.6. The lowest BCUT2D eigenvalue weighted by molar-refractivity contribution is -0.142. The number of benzene rings is 1. The first-order valence-corrected chi connectivity index (χ1v) is 5.66. The van der Waals surface area contributed by atoms with E-state index in [1.54, 1.807) is 0 Å². The average Bonchev–Trinajstić information content (AvgIpc) is 2.69. The van der Waals surface area contributed by atoms with E-state index in [4.69, 9.17) is 4.74 Å². The zero-order valence-corrected chi connectivity index (χ0v) is 9.68. The molecule has 2 rings (SSSR count). The monoisotopic (exact) mass is 233 g/mol. The summed E-state index contributed by atoms with van der Waals surface area (Å²) in [7, 11) is 0. The van der Waals surface area contributed by atoms with Crippen LogP contribution in [0.4, 0.5) is 0 Å². The van der Waals surface area contributed by atoms with Gasteiger partial charge in [-0.25, -0.2) is 0 Å². The summed E-state index contributed by atoms with van der Waals surface area (Å²) in [5.74, 6) is -0.509. The molecule has 90 valence electrons. The molecule has 0 radical (unpaired) electrons. The van der Waals surface area contributed by atoms with Gasteiger partial charge in [0, 0.05) is 13.3 Å². The number of cyclic esters (lactones) is 1. The van der Waals surface area contributed by atoms with Gasteiger partial charge in [0.1, 0.15) is 6.10 Å². The van der Waals surface area contributed by atoms with Gasteiger partial charge in [0.15, 0.2) is 0 Å². The van der Waals surface area contributed by atoms with Gasteiger partial charge >= 0.3 is 5.97 Å². The predicted molar refractivity (Wildman–Crippen MR) is 62.4 cm³/mol. The summed E-state index contributed by atoms with van der Waals surface area (Å²) in [4.78, 5) is 22.5. The highest BCUT2D eigenvalue weighted by Crippen LogP contribution is 2.30. The van der Waals surface area contributed by atoms with E-state index in [2.05, 4.69) is 5.32 Å². The maximum Gasteiger partial charge on any atom is 0.313 e. The number of esters is 1. The molecule has 1 aliphatic heterocycles. The molecule has 1 aromatic carbocycles. The molecule has 1 fully saturated rings. The summed E-state index contributed by atoms with van der Waals surface area (Å²) in [5, 5.41) is 2.66. The molecular formula is C13H15NO3. The lowest BCUT2D eigenvalue weighted by Crippen LogP contribution is -2.30. The molecule has 1 heterocycles. The van der Waals surface area contributed by atoms with Crippen LogP contribution in [-0.2, 0) is 14.3 Å². The van der Waals surface area contributed by atoms with Gasteiger partial charge in [-0.05, 0) is 5.56 Å². The van der Waals surface area contributed by atoms with E-state index in [9.17, 15) is 9.59 Å². The largest absolute Gasteiger partial charge is 0.460 e. The SMILES string of the molecule is CC(=O)NCC1CC(c2ccccc2)C(=O)O1. The fourth-order valence-electron chi connectivity index (χ4n) is 1.99. The van der Waals surface area contributed by atoms with Gasteiger partial charge < -0.3 is 10.1 Å². The zero-order valence-electron chi connectivity index (χ0n) is 9.68. The molecule has 2 unspecified atom stereocenters. The molecule has 0 aliphatic carbocycles. The summed E-state index contributed by atoms with van der Waals surface area (Å²) in [6.07, 6.45) is 0.417. The van der Waals surface area contributed by atoms with Crippen LogP contribution in [0, 0.1) is 0 Å². The van der Waals surface area contributed by atoms with Crippen LogP contribution < -0.4 is 5.32 Å². The van der Waals surface area contributed by atoms with E-state index in [-0.39, 0.29) is 23.9 Å². The highest BCUT2D eigenvalue weighted by molar-refractivity contribution is 5.80. The van der Waals surface area contributed by atoms with Gasteiger partial charge in [-0.2, -0.15) is 0 Å². The van der Waals surface area contributed by atoms with Crippen molar-refractivity contribution in [3.63, 3.8) is 0 Å². The van der Waals surface area contributed by atoms with E-state index in [0.717, 1.165) is 5.56 Å². The highest BCUT2D eigenvalue weighted by atomic mass is 16.6. The molecule has 1 amide bonds. The van der Waals surface area contributed by atoms with Crippen molar-refractivity contribution in [2.24, 2.45) is 0 Å². The molecule has 0 saturated carbocycles. The van der Waals surface area contributed by atoms with Crippen molar-refractivity contribution < 1.29 is 14.3 Å². The van der Waals surface area contributed by atoms with E-state index in [0.29, 0.717) is 13.0 Å². The van der Waals surface area contributed by atoms with Crippen molar-refractivity contribution in [2.75, 3.05) is 6.54 Å². The normalized spacial score (nSPS) is 23.2. The number of ether oxygens (including phenoxy) is 1. The Kier molecular flexibility index (Phi) is 3.42. The van der Waals surface area contributed by atoms with Crippen LogP contribution in [-0.4, -0.2) is 24.5 Å². The van der Waals surface area contributed by atoms with Crippen molar-refractivity contribution >= 4 is 11.9 Å². The van der Waals surface area contributed by atoms with E-state index < -0.39 is 0 Å².